The Bertz CT molecular complexity index is 687. The van der Waals surface area contributed by atoms with E-state index in [4.69, 9.17) is 5.73 Å². The summed E-state index contributed by atoms with van der Waals surface area (Å²) in [5, 5.41) is 8.17. The van der Waals surface area contributed by atoms with Crippen LogP contribution in [0.2, 0.25) is 0 Å². The lowest BCUT2D eigenvalue weighted by Crippen LogP contribution is -1.98. The standard InChI is InChI=1S/C11H10N6/c1-7-5-9-15-16-11(17(9)6-14-7)10-8(12)3-2-4-13-10/h2-6H,12H2,1H3. The highest BCUT2D eigenvalue weighted by Crippen LogP contribution is 2.21. The average Bonchev–Trinajstić information content (AvgIpc) is 2.72. The molecule has 0 saturated heterocycles. The van der Waals surface area contributed by atoms with Gasteiger partial charge in [0.15, 0.2) is 11.5 Å². The van der Waals surface area contributed by atoms with E-state index in [1.165, 1.54) is 0 Å². The molecule has 0 spiro atoms. The number of hydrogen-bond acceptors (Lipinski definition) is 5. The number of rotatable bonds is 1. The number of pyridine rings is 1. The number of aromatic nitrogens is 5. The lowest BCUT2D eigenvalue weighted by molar-refractivity contribution is 1.04. The van der Waals surface area contributed by atoms with Crippen LogP contribution >= 0.6 is 0 Å². The highest BCUT2D eigenvalue weighted by Gasteiger charge is 2.11. The van der Waals surface area contributed by atoms with Crippen LogP contribution in [0.1, 0.15) is 5.69 Å². The molecule has 3 rings (SSSR count). The van der Waals surface area contributed by atoms with Gasteiger partial charge in [0.05, 0.1) is 5.69 Å². The molecule has 0 aromatic carbocycles. The zero-order chi connectivity index (χ0) is 11.8. The van der Waals surface area contributed by atoms with E-state index < -0.39 is 0 Å². The maximum absolute atomic E-state index is 5.87. The fourth-order valence-electron chi connectivity index (χ4n) is 1.65. The van der Waals surface area contributed by atoms with E-state index >= 15 is 0 Å². The molecule has 0 atom stereocenters. The van der Waals surface area contributed by atoms with Gasteiger partial charge in [0.2, 0.25) is 0 Å². The van der Waals surface area contributed by atoms with Gasteiger partial charge in [-0.2, -0.15) is 0 Å². The molecule has 0 aliphatic heterocycles. The summed E-state index contributed by atoms with van der Waals surface area (Å²) in [6, 6.07) is 5.42. The Morgan fingerprint density at radius 2 is 2.12 bits per heavy atom. The third-order valence-corrected chi connectivity index (χ3v) is 2.49. The average molecular weight is 226 g/mol. The van der Waals surface area contributed by atoms with Crippen molar-refractivity contribution in [2.45, 2.75) is 6.92 Å². The minimum absolute atomic E-state index is 0.572. The van der Waals surface area contributed by atoms with Gasteiger partial charge in [0.25, 0.3) is 0 Å². The summed E-state index contributed by atoms with van der Waals surface area (Å²) in [6.45, 7) is 1.91. The maximum atomic E-state index is 5.87. The zero-order valence-electron chi connectivity index (χ0n) is 9.20. The molecule has 6 nitrogen and oxygen atoms in total. The summed E-state index contributed by atoms with van der Waals surface area (Å²) in [5.74, 6) is 0.602. The van der Waals surface area contributed by atoms with Gasteiger partial charge in [-0.15, -0.1) is 10.2 Å². The molecule has 0 fully saturated rings. The van der Waals surface area contributed by atoms with Crippen LogP contribution in [0.3, 0.4) is 0 Å². The number of anilines is 1. The van der Waals surface area contributed by atoms with Gasteiger partial charge in [-0.3, -0.25) is 9.38 Å². The Kier molecular flexibility index (Phi) is 2.01. The van der Waals surface area contributed by atoms with Crippen molar-refractivity contribution in [1.82, 2.24) is 24.6 Å². The van der Waals surface area contributed by atoms with Crippen LogP contribution in [-0.4, -0.2) is 24.6 Å². The Morgan fingerprint density at radius 3 is 2.94 bits per heavy atom. The van der Waals surface area contributed by atoms with Crippen molar-refractivity contribution >= 4 is 11.3 Å². The van der Waals surface area contributed by atoms with Crippen LogP contribution in [0.15, 0.2) is 30.7 Å². The molecule has 0 aliphatic rings. The Hall–Kier alpha value is -2.50. The highest BCUT2D eigenvalue weighted by molar-refractivity contribution is 5.68. The Labute approximate surface area is 97.2 Å². The molecule has 0 saturated carbocycles. The second-order valence-electron chi connectivity index (χ2n) is 3.72. The van der Waals surface area contributed by atoms with E-state index in [1.807, 2.05) is 13.0 Å². The zero-order valence-corrected chi connectivity index (χ0v) is 9.20. The molecule has 2 N–H and O–H groups in total. The van der Waals surface area contributed by atoms with E-state index in [0.717, 1.165) is 11.3 Å². The number of nitrogens with zero attached hydrogens (tertiary/aromatic N) is 5. The van der Waals surface area contributed by atoms with Crippen molar-refractivity contribution in [2.75, 3.05) is 5.73 Å². The van der Waals surface area contributed by atoms with Gasteiger partial charge in [-0.1, -0.05) is 0 Å². The number of nitrogens with two attached hydrogens (primary N) is 1. The van der Waals surface area contributed by atoms with E-state index in [2.05, 4.69) is 20.2 Å². The van der Waals surface area contributed by atoms with Crippen molar-refractivity contribution in [3.05, 3.63) is 36.4 Å². The fraction of sp³-hybridized carbons (Fsp3) is 0.0909. The molecule has 3 aromatic heterocycles. The third kappa shape index (κ3) is 1.50. The predicted octanol–water partition coefficient (Wildman–Crippen LogP) is 1.08. The summed E-state index contributed by atoms with van der Waals surface area (Å²) in [6.07, 6.45) is 3.35. The second-order valence-corrected chi connectivity index (χ2v) is 3.72. The maximum Gasteiger partial charge on any atom is 0.190 e. The number of hydrogen-bond donors (Lipinski definition) is 1. The first-order valence-electron chi connectivity index (χ1n) is 5.14. The normalized spacial score (nSPS) is 10.9. The van der Waals surface area contributed by atoms with Crippen LogP contribution in [-0.2, 0) is 0 Å². The number of fused-ring (bicyclic) bond motifs is 1. The molecule has 0 radical (unpaired) electrons. The van der Waals surface area contributed by atoms with E-state index in [-0.39, 0.29) is 0 Å². The van der Waals surface area contributed by atoms with Gasteiger partial charge >= 0.3 is 0 Å². The first kappa shape index (κ1) is 9.71. The van der Waals surface area contributed by atoms with Crippen LogP contribution in [0, 0.1) is 6.92 Å². The third-order valence-electron chi connectivity index (χ3n) is 2.49. The summed E-state index contributed by atoms with van der Waals surface area (Å²) in [7, 11) is 0. The van der Waals surface area contributed by atoms with Gasteiger partial charge in [-0.05, 0) is 19.1 Å². The van der Waals surface area contributed by atoms with Gasteiger partial charge in [0.1, 0.15) is 12.0 Å². The monoisotopic (exact) mass is 226 g/mol. The molecule has 0 bridgehead atoms. The smallest absolute Gasteiger partial charge is 0.190 e. The molecule has 3 aromatic rings. The fourth-order valence-corrected chi connectivity index (χ4v) is 1.65. The number of aryl methyl sites for hydroxylation is 1. The van der Waals surface area contributed by atoms with Crippen LogP contribution in [0.4, 0.5) is 5.69 Å². The molecule has 84 valence electrons. The first-order valence-corrected chi connectivity index (χ1v) is 5.14. The van der Waals surface area contributed by atoms with Gasteiger partial charge < -0.3 is 5.73 Å². The van der Waals surface area contributed by atoms with E-state index in [9.17, 15) is 0 Å². The Morgan fingerprint density at radius 1 is 1.24 bits per heavy atom. The molecule has 6 heteroatoms. The van der Waals surface area contributed by atoms with Crippen molar-refractivity contribution < 1.29 is 0 Å². The largest absolute Gasteiger partial charge is 0.397 e. The van der Waals surface area contributed by atoms with Crippen LogP contribution in [0.5, 0.6) is 0 Å². The molecule has 17 heavy (non-hydrogen) atoms. The highest BCUT2D eigenvalue weighted by atomic mass is 15.3. The molecule has 0 unspecified atom stereocenters. The Balaban J connectivity index is 2.29. The summed E-state index contributed by atoms with van der Waals surface area (Å²) in [4.78, 5) is 8.43. The predicted molar refractivity (Wildman–Crippen MR) is 63.2 cm³/mol. The summed E-state index contributed by atoms with van der Waals surface area (Å²) < 4.78 is 1.77. The van der Waals surface area contributed by atoms with Crippen LogP contribution in [0.25, 0.3) is 17.2 Å². The van der Waals surface area contributed by atoms with Gasteiger partial charge in [0, 0.05) is 18.0 Å². The molecular weight excluding hydrogens is 216 g/mol. The molecule has 3 heterocycles. The van der Waals surface area contributed by atoms with E-state index in [0.29, 0.717) is 17.2 Å². The lowest BCUT2D eigenvalue weighted by atomic mass is 10.3. The summed E-state index contributed by atoms with van der Waals surface area (Å²) in [5.41, 5.74) is 8.68. The van der Waals surface area contributed by atoms with Crippen molar-refractivity contribution in [3.63, 3.8) is 0 Å². The number of nitrogen functional groups attached to an aromatic ring is 1. The second kappa shape index (κ2) is 3.51. The summed E-state index contributed by atoms with van der Waals surface area (Å²) >= 11 is 0. The SMILES string of the molecule is Cc1cc2nnc(-c3ncccc3N)n2cn1. The van der Waals surface area contributed by atoms with Crippen molar-refractivity contribution in [3.8, 4) is 11.5 Å². The van der Waals surface area contributed by atoms with Gasteiger partial charge in [-0.25, -0.2) is 4.98 Å². The minimum Gasteiger partial charge on any atom is -0.397 e. The topological polar surface area (TPSA) is 82.0 Å². The quantitative estimate of drug-likeness (QED) is 0.671. The molecule has 0 amide bonds. The van der Waals surface area contributed by atoms with Crippen LogP contribution < -0.4 is 5.73 Å². The van der Waals surface area contributed by atoms with Crippen molar-refractivity contribution in [2.24, 2.45) is 0 Å². The lowest BCUT2D eigenvalue weighted by Gasteiger charge is -2.01. The minimum atomic E-state index is 0.572. The van der Waals surface area contributed by atoms with Crippen molar-refractivity contribution in [1.29, 1.82) is 0 Å². The van der Waals surface area contributed by atoms with E-state index in [1.54, 1.807) is 29.1 Å². The molecule has 0 aliphatic carbocycles. The first-order chi connectivity index (χ1) is 8.25. The molecular formula is C11H10N6.